The van der Waals surface area contributed by atoms with Gasteiger partial charge in [0.2, 0.25) is 0 Å². The second kappa shape index (κ2) is 3.76. The molecule has 21 heavy (non-hydrogen) atoms. The van der Waals surface area contributed by atoms with Gasteiger partial charge in [-0.15, -0.1) is 0 Å². The summed E-state index contributed by atoms with van der Waals surface area (Å²) in [5, 5.41) is 0. The van der Waals surface area contributed by atoms with Gasteiger partial charge in [0.25, 0.3) is 0 Å². The molecule has 0 saturated carbocycles. The van der Waals surface area contributed by atoms with E-state index in [1.807, 2.05) is 0 Å². The maximum Gasteiger partial charge on any atom is 0.151 e. The second-order valence-electron chi connectivity index (χ2n) is 7.44. The molecule has 108 valence electrons. The molecule has 5 rings (SSSR count). The van der Waals surface area contributed by atoms with Gasteiger partial charge in [-0.3, -0.25) is 0 Å². The lowest BCUT2D eigenvalue weighted by molar-refractivity contribution is -0.926. The Morgan fingerprint density at radius 3 is 1.62 bits per heavy atom. The number of nitrogens with zero attached hydrogens (tertiary/aromatic N) is 1. The zero-order valence-electron chi connectivity index (χ0n) is 13.1. The molecule has 2 N–H and O–H groups in total. The summed E-state index contributed by atoms with van der Waals surface area (Å²) < 4.78 is 0.900. The highest BCUT2D eigenvalue weighted by Gasteiger charge is 2.60. The number of quaternary nitrogens is 1. The molecule has 0 unspecified atom stereocenters. The third-order valence-electron chi connectivity index (χ3n) is 5.73. The average Bonchev–Trinajstić information content (AvgIpc) is 2.47. The molecule has 3 aliphatic rings. The van der Waals surface area contributed by atoms with Crippen LogP contribution in [0.25, 0.3) is 0 Å². The normalized spacial score (nSPS) is 29.9. The quantitative estimate of drug-likeness (QED) is 0.798. The Hall–Kier alpha value is -1.64. The third kappa shape index (κ3) is 1.35. The van der Waals surface area contributed by atoms with Gasteiger partial charge >= 0.3 is 0 Å². The van der Waals surface area contributed by atoms with Crippen molar-refractivity contribution in [2.75, 3.05) is 21.1 Å². The molecule has 3 aliphatic carbocycles. The fourth-order valence-electron chi connectivity index (χ4n) is 4.73. The van der Waals surface area contributed by atoms with Crippen LogP contribution >= 0.6 is 0 Å². The highest BCUT2D eigenvalue weighted by atomic mass is 15.4. The van der Waals surface area contributed by atoms with E-state index in [-0.39, 0.29) is 11.1 Å². The summed E-state index contributed by atoms with van der Waals surface area (Å²) in [5.41, 5.74) is 12.1. The van der Waals surface area contributed by atoms with Crippen molar-refractivity contribution >= 4 is 0 Å². The Kier molecular flexibility index (Phi) is 2.34. The summed E-state index contributed by atoms with van der Waals surface area (Å²) in [6.45, 7) is 0. The van der Waals surface area contributed by atoms with E-state index in [1.54, 1.807) is 0 Å². The number of hydrogen-bond acceptors (Lipinski definition) is 1. The van der Waals surface area contributed by atoms with Crippen LogP contribution in [0.3, 0.4) is 0 Å². The van der Waals surface area contributed by atoms with Crippen molar-refractivity contribution in [3.8, 4) is 0 Å². The number of hydrogen-bond donors (Lipinski definition) is 1. The number of nitrogens with two attached hydrogens (primary N) is 1. The van der Waals surface area contributed by atoms with E-state index in [9.17, 15) is 0 Å². The topological polar surface area (TPSA) is 26.0 Å². The number of fused-ring (bicyclic) bond motifs is 1. The van der Waals surface area contributed by atoms with Gasteiger partial charge in [-0.25, -0.2) is 0 Å². The average molecular weight is 279 g/mol. The lowest BCUT2D eigenvalue weighted by Gasteiger charge is -2.58. The number of benzene rings is 2. The Labute approximate surface area is 126 Å². The van der Waals surface area contributed by atoms with Crippen LogP contribution in [-0.4, -0.2) is 25.6 Å². The van der Waals surface area contributed by atoms with Crippen LogP contribution in [0.4, 0.5) is 0 Å². The van der Waals surface area contributed by atoms with Crippen molar-refractivity contribution in [3.05, 3.63) is 70.8 Å². The zero-order valence-corrected chi connectivity index (χ0v) is 13.1. The molecule has 0 fully saturated rings. The largest absolute Gasteiger partial charge is 0.318 e. The monoisotopic (exact) mass is 279 g/mol. The molecule has 2 bridgehead atoms. The molecule has 0 aliphatic heterocycles. The predicted octanol–water partition coefficient (Wildman–Crippen LogP) is 2.95. The Morgan fingerprint density at radius 1 is 0.762 bits per heavy atom. The van der Waals surface area contributed by atoms with Crippen LogP contribution in [0.2, 0.25) is 0 Å². The molecule has 0 spiro atoms. The van der Waals surface area contributed by atoms with E-state index in [2.05, 4.69) is 69.7 Å². The van der Waals surface area contributed by atoms with Gasteiger partial charge in [-0.1, -0.05) is 48.5 Å². The molecule has 0 saturated heterocycles. The molecule has 0 amide bonds. The van der Waals surface area contributed by atoms with Crippen molar-refractivity contribution in [1.82, 2.24) is 0 Å². The smallest absolute Gasteiger partial charge is 0.151 e. The van der Waals surface area contributed by atoms with Crippen LogP contribution < -0.4 is 5.73 Å². The molecule has 2 aromatic carbocycles. The summed E-state index contributed by atoms with van der Waals surface area (Å²) in [6, 6.07) is 17.6. The maximum atomic E-state index is 6.91. The molecule has 2 aromatic rings. The van der Waals surface area contributed by atoms with Gasteiger partial charge in [0.15, 0.2) is 5.54 Å². The van der Waals surface area contributed by atoms with E-state index in [0.717, 1.165) is 17.3 Å². The van der Waals surface area contributed by atoms with E-state index in [1.165, 1.54) is 22.3 Å². The van der Waals surface area contributed by atoms with Gasteiger partial charge in [0.05, 0.1) is 26.7 Å². The first-order valence-corrected chi connectivity index (χ1v) is 7.72. The van der Waals surface area contributed by atoms with Crippen molar-refractivity contribution in [2.24, 2.45) is 5.73 Å². The molecule has 0 aromatic heterocycles. The Morgan fingerprint density at radius 2 is 1.19 bits per heavy atom. The summed E-state index contributed by atoms with van der Waals surface area (Å²) in [5.74, 6) is 0. The first-order chi connectivity index (χ1) is 9.91. The van der Waals surface area contributed by atoms with E-state index in [4.69, 9.17) is 5.73 Å². The SMILES string of the molecule is C[N+](C)(C)C12CCC(N)(c3ccccc31)c1ccccc12. The van der Waals surface area contributed by atoms with Gasteiger partial charge in [0, 0.05) is 17.5 Å². The van der Waals surface area contributed by atoms with Crippen molar-refractivity contribution in [2.45, 2.75) is 23.9 Å². The van der Waals surface area contributed by atoms with E-state index < -0.39 is 0 Å². The predicted molar refractivity (Wildman–Crippen MR) is 85.9 cm³/mol. The van der Waals surface area contributed by atoms with Crippen LogP contribution in [0, 0.1) is 0 Å². The highest BCUT2D eigenvalue weighted by molar-refractivity contribution is 5.60. The molecular weight excluding hydrogens is 256 g/mol. The highest BCUT2D eigenvalue weighted by Crippen LogP contribution is 2.59. The molecule has 0 heterocycles. The van der Waals surface area contributed by atoms with Crippen LogP contribution in [0.5, 0.6) is 0 Å². The lowest BCUT2D eigenvalue weighted by Crippen LogP contribution is -2.64. The summed E-state index contributed by atoms with van der Waals surface area (Å²) in [6.07, 6.45) is 2.14. The minimum absolute atomic E-state index is 0.0221. The van der Waals surface area contributed by atoms with Crippen LogP contribution in [-0.2, 0) is 11.1 Å². The first kappa shape index (κ1) is 13.1. The van der Waals surface area contributed by atoms with Gasteiger partial charge in [-0.05, 0) is 17.5 Å². The summed E-state index contributed by atoms with van der Waals surface area (Å²) in [7, 11) is 6.92. The second-order valence-corrected chi connectivity index (χ2v) is 7.44. The zero-order chi connectivity index (χ0) is 14.9. The van der Waals surface area contributed by atoms with Crippen molar-refractivity contribution in [3.63, 3.8) is 0 Å². The lowest BCUT2D eigenvalue weighted by atomic mass is 9.55. The minimum atomic E-state index is -0.315. The Balaban J connectivity index is 2.18. The molecule has 0 radical (unpaired) electrons. The molecule has 2 heteroatoms. The standard InChI is InChI=1S/C19H23N2/c1-21(2,3)19-13-12-18(20,14-8-4-6-10-16(14)19)15-9-5-7-11-17(15)19/h4-11H,12-13,20H2,1-3H3/q+1. The van der Waals surface area contributed by atoms with Gasteiger partial charge in [0.1, 0.15) is 0 Å². The summed E-state index contributed by atoms with van der Waals surface area (Å²) in [4.78, 5) is 0. The molecule has 0 atom stereocenters. The van der Waals surface area contributed by atoms with E-state index in [0.29, 0.717) is 0 Å². The fourth-order valence-corrected chi connectivity index (χ4v) is 4.73. The maximum absolute atomic E-state index is 6.91. The van der Waals surface area contributed by atoms with Gasteiger partial charge in [-0.2, -0.15) is 0 Å². The van der Waals surface area contributed by atoms with Crippen LogP contribution in [0.1, 0.15) is 35.1 Å². The van der Waals surface area contributed by atoms with Gasteiger partial charge < -0.3 is 10.2 Å². The fraction of sp³-hybridized carbons (Fsp3) is 0.368. The van der Waals surface area contributed by atoms with E-state index >= 15 is 0 Å². The third-order valence-corrected chi connectivity index (χ3v) is 5.73. The first-order valence-electron chi connectivity index (χ1n) is 7.72. The summed E-state index contributed by atoms with van der Waals surface area (Å²) >= 11 is 0. The Bertz CT molecular complexity index is 677. The van der Waals surface area contributed by atoms with Crippen LogP contribution in [0.15, 0.2) is 48.5 Å². The van der Waals surface area contributed by atoms with Crippen molar-refractivity contribution < 1.29 is 4.48 Å². The molecular formula is C19H23N2+. The number of rotatable bonds is 1. The minimum Gasteiger partial charge on any atom is -0.318 e. The van der Waals surface area contributed by atoms with Crippen molar-refractivity contribution in [1.29, 1.82) is 0 Å². The molecule has 2 nitrogen and oxygen atoms in total.